The van der Waals surface area contributed by atoms with Crippen LogP contribution in [0.4, 0.5) is 0 Å². The highest BCUT2D eigenvalue weighted by molar-refractivity contribution is 5.98. The molecule has 0 saturated carbocycles. The van der Waals surface area contributed by atoms with Crippen LogP contribution in [0.2, 0.25) is 0 Å². The standard InChI is InChI=1S/C20H26N4O4/c1-14-4-6-15(7-5-14)12-23(8-3-9-28-2)20(27)17-10-18-19(26)21-11-16(25)13-24(18)22-17/h4-7,10,16,25H,3,8-9,11-13H2,1-2H3,(H,21,26)/t16-/m0/s1. The molecule has 28 heavy (non-hydrogen) atoms. The van der Waals surface area contributed by atoms with Gasteiger partial charge in [-0.05, 0) is 18.9 Å². The fourth-order valence-electron chi connectivity index (χ4n) is 3.14. The number of amides is 2. The number of ether oxygens (including phenoxy) is 1. The highest BCUT2D eigenvalue weighted by Gasteiger charge is 2.26. The zero-order valence-corrected chi connectivity index (χ0v) is 16.2. The number of benzene rings is 1. The van der Waals surface area contributed by atoms with Crippen LogP contribution in [0.5, 0.6) is 0 Å². The van der Waals surface area contributed by atoms with Crippen LogP contribution in [-0.2, 0) is 17.8 Å². The third-order valence-electron chi connectivity index (χ3n) is 4.67. The minimum atomic E-state index is -0.738. The number of carbonyl (C=O) groups excluding carboxylic acids is 2. The number of aliphatic hydroxyl groups excluding tert-OH is 1. The van der Waals surface area contributed by atoms with Crippen LogP contribution < -0.4 is 5.32 Å². The lowest BCUT2D eigenvalue weighted by molar-refractivity contribution is 0.0715. The fraction of sp³-hybridized carbons (Fsp3) is 0.450. The van der Waals surface area contributed by atoms with E-state index in [0.717, 1.165) is 11.1 Å². The van der Waals surface area contributed by atoms with Crippen molar-refractivity contribution in [2.75, 3.05) is 26.8 Å². The number of β-amino-alcohol motifs (C(OH)–C–C–N with tert-alkyl or cyclic N) is 1. The maximum absolute atomic E-state index is 13.1. The van der Waals surface area contributed by atoms with Gasteiger partial charge in [0.2, 0.25) is 0 Å². The average molecular weight is 386 g/mol. The lowest BCUT2D eigenvalue weighted by Gasteiger charge is -2.22. The first-order chi connectivity index (χ1) is 13.5. The number of hydrogen-bond donors (Lipinski definition) is 2. The molecule has 1 aliphatic heterocycles. The number of carbonyl (C=O) groups is 2. The second-order valence-electron chi connectivity index (χ2n) is 7.02. The molecular formula is C20H26N4O4. The summed E-state index contributed by atoms with van der Waals surface area (Å²) in [5, 5.41) is 16.8. The Labute approximate surface area is 164 Å². The van der Waals surface area contributed by atoms with Crippen LogP contribution in [0.25, 0.3) is 0 Å². The first kappa shape index (κ1) is 20.0. The van der Waals surface area contributed by atoms with Crippen molar-refractivity contribution in [1.29, 1.82) is 0 Å². The van der Waals surface area contributed by atoms with E-state index in [1.54, 1.807) is 12.0 Å². The molecule has 2 N–H and O–H groups in total. The van der Waals surface area contributed by atoms with Gasteiger partial charge in [0, 0.05) is 39.4 Å². The summed E-state index contributed by atoms with van der Waals surface area (Å²) in [5.74, 6) is -0.591. The first-order valence-corrected chi connectivity index (χ1v) is 9.36. The Hall–Kier alpha value is -2.71. The average Bonchev–Trinajstić information content (AvgIpc) is 3.05. The summed E-state index contributed by atoms with van der Waals surface area (Å²) in [4.78, 5) is 27.0. The van der Waals surface area contributed by atoms with E-state index in [-0.39, 0.29) is 36.3 Å². The Bertz CT molecular complexity index is 831. The van der Waals surface area contributed by atoms with Crippen molar-refractivity contribution in [2.24, 2.45) is 0 Å². The largest absolute Gasteiger partial charge is 0.389 e. The molecule has 0 saturated heterocycles. The number of aryl methyl sites for hydroxylation is 1. The van der Waals surface area contributed by atoms with Gasteiger partial charge in [0.15, 0.2) is 5.69 Å². The number of hydrogen-bond acceptors (Lipinski definition) is 5. The van der Waals surface area contributed by atoms with E-state index in [9.17, 15) is 14.7 Å². The Morgan fingerprint density at radius 2 is 2.14 bits per heavy atom. The summed E-state index contributed by atoms with van der Waals surface area (Å²) < 4.78 is 6.51. The second-order valence-corrected chi connectivity index (χ2v) is 7.02. The maximum Gasteiger partial charge on any atom is 0.274 e. The molecule has 0 aliphatic carbocycles. The highest BCUT2D eigenvalue weighted by atomic mass is 16.5. The zero-order chi connectivity index (χ0) is 20.1. The molecule has 2 amide bonds. The van der Waals surface area contributed by atoms with Crippen LogP contribution in [0, 0.1) is 6.92 Å². The van der Waals surface area contributed by atoms with Crippen molar-refractivity contribution in [1.82, 2.24) is 20.0 Å². The predicted octanol–water partition coefficient (Wildman–Crippen LogP) is 0.975. The van der Waals surface area contributed by atoms with Crippen molar-refractivity contribution in [3.8, 4) is 0 Å². The summed E-state index contributed by atoms with van der Waals surface area (Å²) in [6.45, 7) is 3.86. The fourth-order valence-corrected chi connectivity index (χ4v) is 3.14. The molecule has 8 nitrogen and oxygen atoms in total. The number of methoxy groups -OCH3 is 1. The van der Waals surface area contributed by atoms with Gasteiger partial charge >= 0.3 is 0 Å². The third kappa shape index (κ3) is 4.76. The first-order valence-electron chi connectivity index (χ1n) is 9.36. The molecule has 1 atom stereocenters. The molecule has 0 fully saturated rings. The molecule has 2 aromatic rings. The number of aliphatic hydroxyl groups is 1. The molecule has 1 aromatic heterocycles. The topological polar surface area (TPSA) is 96.7 Å². The lowest BCUT2D eigenvalue weighted by Crippen LogP contribution is -2.33. The van der Waals surface area contributed by atoms with Gasteiger partial charge in [-0.1, -0.05) is 29.8 Å². The van der Waals surface area contributed by atoms with E-state index < -0.39 is 6.10 Å². The minimum Gasteiger partial charge on any atom is -0.389 e. The minimum absolute atomic E-state index is 0.169. The van der Waals surface area contributed by atoms with Gasteiger partial charge in [-0.15, -0.1) is 0 Å². The second kappa shape index (κ2) is 8.99. The molecule has 2 heterocycles. The van der Waals surface area contributed by atoms with E-state index in [1.807, 2.05) is 31.2 Å². The summed E-state index contributed by atoms with van der Waals surface area (Å²) in [6.07, 6.45) is -0.0423. The summed E-state index contributed by atoms with van der Waals surface area (Å²) >= 11 is 0. The van der Waals surface area contributed by atoms with Gasteiger partial charge < -0.3 is 20.1 Å². The Morgan fingerprint density at radius 3 is 2.86 bits per heavy atom. The van der Waals surface area contributed by atoms with Crippen molar-refractivity contribution in [2.45, 2.75) is 32.5 Å². The van der Waals surface area contributed by atoms with E-state index in [2.05, 4.69) is 10.4 Å². The molecular weight excluding hydrogens is 360 g/mol. The van der Waals surface area contributed by atoms with E-state index in [0.29, 0.717) is 26.1 Å². The van der Waals surface area contributed by atoms with Crippen LogP contribution >= 0.6 is 0 Å². The van der Waals surface area contributed by atoms with Gasteiger partial charge in [0.25, 0.3) is 11.8 Å². The van der Waals surface area contributed by atoms with Crippen molar-refractivity contribution < 1.29 is 19.4 Å². The van der Waals surface area contributed by atoms with Gasteiger partial charge in [-0.2, -0.15) is 5.10 Å². The van der Waals surface area contributed by atoms with Crippen LogP contribution in [0.1, 0.15) is 38.5 Å². The third-order valence-corrected chi connectivity index (χ3v) is 4.67. The highest BCUT2D eigenvalue weighted by Crippen LogP contribution is 2.14. The van der Waals surface area contributed by atoms with Crippen LogP contribution in [-0.4, -0.2) is 64.5 Å². The molecule has 3 rings (SSSR count). The summed E-state index contributed by atoms with van der Waals surface area (Å²) in [6, 6.07) is 9.51. The number of rotatable bonds is 7. The van der Waals surface area contributed by atoms with Gasteiger partial charge in [-0.25, -0.2) is 0 Å². The lowest BCUT2D eigenvalue weighted by atomic mass is 10.1. The van der Waals surface area contributed by atoms with E-state index in [4.69, 9.17) is 4.74 Å². The van der Waals surface area contributed by atoms with Crippen molar-refractivity contribution in [3.05, 3.63) is 52.8 Å². The number of nitrogens with one attached hydrogen (secondary N) is 1. The Kier molecular flexibility index (Phi) is 6.43. The van der Waals surface area contributed by atoms with Crippen LogP contribution in [0.15, 0.2) is 30.3 Å². The molecule has 0 radical (unpaired) electrons. The normalized spacial score (nSPS) is 16.2. The van der Waals surface area contributed by atoms with E-state index in [1.165, 1.54) is 10.7 Å². The van der Waals surface area contributed by atoms with Crippen molar-refractivity contribution >= 4 is 11.8 Å². The molecule has 0 bridgehead atoms. The van der Waals surface area contributed by atoms with Crippen molar-refractivity contribution in [3.63, 3.8) is 0 Å². The zero-order valence-electron chi connectivity index (χ0n) is 16.2. The number of nitrogens with zero attached hydrogens (tertiary/aromatic N) is 3. The maximum atomic E-state index is 13.1. The molecule has 8 heteroatoms. The smallest absolute Gasteiger partial charge is 0.274 e. The Balaban J connectivity index is 1.82. The van der Waals surface area contributed by atoms with Gasteiger partial charge in [-0.3, -0.25) is 14.3 Å². The summed E-state index contributed by atoms with van der Waals surface area (Å²) in [7, 11) is 1.63. The Morgan fingerprint density at radius 1 is 1.39 bits per heavy atom. The van der Waals surface area contributed by atoms with Gasteiger partial charge in [0.05, 0.1) is 12.6 Å². The number of aromatic nitrogens is 2. The molecule has 1 aliphatic rings. The monoisotopic (exact) mass is 386 g/mol. The quantitative estimate of drug-likeness (QED) is 0.692. The molecule has 0 spiro atoms. The van der Waals surface area contributed by atoms with Gasteiger partial charge in [0.1, 0.15) is 5.69 Å². The predicted molar refractivity (Wildman–Crippen MR) is 103 cm³/mol. The SMILES string of the molecule is COCCCN(Cc1ccc(C)cc1)C(=O)c1cc2n(n1)C[C@@H](O)CNC2=O. The summed E-state index contributed by atoms with van der Waals surface area (Å²) in [5.41, 5.74) is 2.66. The number of fused-ring (bicyclic) bond motifs is 1. The molecule has 1 aromatic carbocycles. The molecule has 0 unspecified atom stereocenters. The van der Waals surface area contributed by atoms with Crippen LogP contribution in [0.3, 0.4) is 0 Å². The van der Waals surface area contributed by atoms with E-state index >= 15 is 0 Å². The molecule has 150 valence electrons.